The van der Waals surface area contributed by atoms with Crippen LogP contribution in [0.1, 0.15) is 35.6 Å². The van der Waals surface area contributed by atoms with Gasteiger partial charge in [0.25, 0.3) is 5.91 Å². The third-order valence-corrected chi connectivity index (χ3v) is 11.5. The van der Waals surface area contributed by atoms with Gasteiger partial charge in [0.05, 0.1) is 59.5 Å². The van der Waals surface area contributed by atoms with Crippen molar-refractivity contribution in [2.75, 3.05) is 37.9 Å². The number of furan rings is 1. The van der Waals surface area contributed by atoms with Gasteiger partial charge in [-0.15, -0.1) is 0 Å². The van der Waals surface area contributed by atoms with E-state index in [4.69, 9.17) is 19.1 Å². The lowest BCUT2D eigenvalue weighted by Crippen LogP contribution is -2.49. The highest BCUT2D eigenvalue weighted by Crippen LogP contribution is 2.42. The van der Waals surface area contributed by atoms with Crippen molar-refractivity contribution in [3.8, 4) is 22.6 Å². The maximum Gasteiger partial charge on any atom is 0.255 e. The fraction of sp³-hybridized carbons (Fsp3) is 0.275. The summed E-state index contributed by atoms with van der Waals surface area (Å²) < 4.78 is 56.7. The Morgan fingerprint density at radius 3 is 2.42 bits per heavy atom. The molecule has 272 valence electrons. The smallest absolute Gasteiger partial charge is 0.255 e. The molecule has 0 spiro atoms. The summed E-state index contributed by atoms with van der Waals surface area (Å²) >= 11 is 0. The van der Waals surface area contributed by atoms with Crippen LogP contribution in [0.3, 0.4) is 0 Å². The quantitative estimate of drug-likeness (QED) is 0.187. The number of amides is 1. The summed E-state index contributed by atoms with van der Waals surface area (Å²) in [6, 6.07) is 21.7. The van der Waals surface area contributed by atoms with Crippen LogP contribution in [0.4, 0.5) is 10.1 Å². The molecule has 1 saturated heterocycles. The zero-order valence-electron chi connectivity index (χ0n) is 30.3. The van der Waals surface area contributed by atoms with E-state index >= 15 is 4.39 Å². The van der Waals surface area contributed by atoms with Gasteiger partial charge in [0.15, 0.2) is 0 Å². The van der Waals surface area contributed by atoms with Gasteiger partial charge in [-0.2, -0.15) is 0 Å². The third-order valence-electron chi connectivity index (χ3n) is 10.3. The molecule has 1 aliphatic rings. The number of morpholine rings is 1. The lowest BCUT2D eigenvalue weighted by atomic mass is 10.00. The van der Waals surface area contributed by atoms with Crippen LogP contribution in [0.25, 0.3) is 61.0 Å². The first-order valence-corrected chi connectivity index (χ1v) is 19.3. The molecule has 3 aromatic carbocycles. The van der Waals surface area contributed by atoms with E-state index in [9.17, 15) is 13.2 Å². The van der Waals surface area contributed by atoms with E-state index in [-0.39, 0.29) is 23.8 Å². The molecule has 2 atom stereocenters. The molecule has 1 N–H and O–H groups in total. The van der Waals surface area contributed by atoms with Crippen LogP contribution >= 0.6 is 0 Å². The van der Waals surface area contributed by atoms with Gasteiger partial charge >= 0.3 is 0 Å². The molecule has 13 heteroatoms. The summed E-state index contributed by atoms with van der Waals surface area (Å²) in [6.07, 6.45) is 1.12. The number of nitrogens with one attached hydrogen (secondary N) is 1. The van der Waals surface area contributed by atoms with Crippen LogP contribution in [0.5, 0.6) is 0 Å². The lowest BCUT2D eigenvalue weighted by molar-refractivity contribution is -0.0421. The van der Waals surface area contributed by atoms with Gasteiger partial charge < -0.3 is 14.5 Å². The average Bonchev–Trinajstić information content (AvgIpc) is 3.72. The largest absolute Gasteiger partial charge is 0.455 e. The number of halogens is 1. The fourth-order valence-electron chi connectivity index (χ4n) is 7.37. The molecular formula is C40H39FN6O5S. The topological polar surface area (TPSA) is 122 Å². The summed E-state index contributed by atoms with van der Waals surface area (Å²) in [4.78, 5) is 26.1. The van der Waals surface area contributed by atoms with Crippen LogP contribution in [0, 0.1) is 12.7 Å². The van der Waals surface area contributed by atoms with Crippen molar-refractivity contribution in [1.29, 1.82) is 0 Å². The van der Waals surface area contributed by atoms with E-state index in [1.54, 1.807) is 37.4 Å². The maximum atomic E-state index is 15.4. The molecule has 11 nitrogen and oxygen atoms in total. The lowest BCUT2D eigenvalue weighted by Gasteiger charge is -2.38. The van der Waals surface area contributed by atoms with Gasteiger partial charge in [-0.25, -0.2) is 22.8 Å². The van der Waals surface area contributed by atoms with Crippen LogP contribution in [0.15, 0.2) is 77.2 Å². The first-order valence-electron chi connectivity index (χ1n) is 17.4. The normalized spacial score (nSPS) is 17.0. The Hall–Kier alpha value is -5.37. The van der Waals surface area contributed by atoms with Crippen LogP contribution < -0.4 is 9.62 Å². The highest BCUT2D eigenvalue weighted by Gasteiger charge is 2.29. The highest BCUT2D eigenvalue weighted by molar-refractivity contribution is 7.92. The van der Waals surface area contributed by atoms with Gasteiger partial charge in [-0.1, -0.05) is 35.9 Å². The predicted octanol–water partition coefficient (Wildman–Crippen LogP) is 6.93. The summed E-state index contributed by atoms with van der Waals surface area (Å²) in [5.41, 5.74) is 6.04. The van der Waals surface area contributed by atoms with E-state index in [2.05, 4.69) is 24.1 Å². The number of carbonyl (C=O) groups excluding carboxylic acids is 1. The Balaban J connectivity index is 1.39. The fourth-order valence-corrected chi connectivity index (χ4v) is 7.88. The Morgan fingerprint density at radius 1 is 0.981 bits per heavy atom. The summed E-state index contributed by atoms with van der Waals surface area (Å²) in [5.74, 6) is 0.382. The van der Waals surface area contributed by atoms with Crippen LogP contribution in [-0.2, 0) is 21.3 Å². The predicted molar refractivity (Wildman–Crippen MR) is 205 cm³/mol. The second-order valence-corrected chi connectivity index (χ2v) is 15.9. The SMILES string of the molecule is CNC(=O)c1c(-c2ccc(C)cc2)oc2cc(N(C)S(C)(=O)=O)c(-c3ccc4nc(CN5[C@H](C)COC[C@@H]5C)n5c6cccc(F)c6cc5c4n3)cc12. The van der Waals surface area contributed by atoms with Crippen molar-refractivity contribution in [2.45, 2.75) is 39.4 Å². The zero-order valence-corrected chi connectivity index (χ0v) is 31.1. The molecule has 1 aliphatic heterocycles. The summed E-state index contributed by atoms with van der Waals surface area (Å²) in [5, 5.41) is 3.66. The molecule has 1 fully saturated rings. The minimum Gasteiger partial charge on any atom is -0.455 e. The summed E-state index contributed by atoms with van der Waals surface area (Å²) in [6.45, 7) is 7.93. The Bertz CT molecular complexity index is 2700. The second-order valence-electron chi connectivity index (χ2n) is 13.9. The number of rotatable bonds is 7. The molecule has 0 radical (unpaired) electrons. The van der Waals surface area contributed by atoms with Crippen molar-refractivity contribution in [3.05, 3.63) is 95.6 Å². The number of hydrogen-bond acceptors (Lipinski definition) is 8. The van der Waals surface area contributed by atoms with E-state index in [1.165, 1.54) is 17.4 Å². The molecule has 0 unspecified atom stereocenters. The van der Waals surface area contributed by atoms with E-state index < -0.39 is 10.0 Å². The number of aromatic nitrogens is 3. The molecule has 53 heavy (non-hydrogen) atoms. The first kappa shape index (κ1) is 34.7. The highest BCUT2D eigenvalue weighted by atomic mass is 32.2. The number of sulfonamides is 1. The number of fused-ring (bicyclic) bond motifs is 6. The zero-order chi connectivity index (χ0) is 37.3. The average molecular weight is 735 g/mol. The van der Waals surface area contributed by atoms with Gasteiger partial charge in [-0.05, 0) is 57.2 Å². The van der Waals surface area contributed by atoms with Gasteiger partial charge in [0.1, 0.15) is 28.5 Å². The van der Waals surface area contributed by atoms with Crippen molar-refractivity contribution in [3.63, 3.8) is 0 Å². The molecule has 7 aromatic rings. The molecule has 4 aromatic heterocycles. The molecule has 8 rings (SSSR count). The van der Waals surface area contributed by atoms with Crippen LogP contribution in [0.2, 0.25) is 0 Å². The van der Waals surface area contributed by atoms with Crippen LogP contribution in [-0.4, -0.2) is 79.2 Å². The maximum absolute atomic E-state index is 15.4. The van der Waals surface area contributed by atoms with Crippen molar-refractivity contribution in [1.82, 2.24) is 24.6 Å². The van der Waals surface area contributed by atoms with E-state index in [1.807, 2.05) is 47.7 Å². The number of anilines is 1. The molecule has 5 heterocycles. The second kappa shape index (κ2) is 12.9. The number of carbonyl (C=O) groups is 1. The van der Waals surface area contributed by atoms with Crippen molar-refractivity contribution < 1.29 is 26.8 Å². The van der Waals surface area contributed by atoms with Gasteiger partial charge in [0, 0.05) is 54.1 Å². The first-order chi connectivity index (χ1) is 25.3. The Labute approximate surface area is 306 Å². The van der Waals surface area contributed by atoms with Crippen molar-refractivity contribution >= 4 is 60.0 Å². The number of aryl methyl sites for hydroxylation is 1. The van der Waals surface area contributed by atoms with E-state index in [0.29, 0.717) is 92.0 Å². The standard InChI is InChI=1S/C40H39FN6O5S/c1-22-10-12-25(13-11-22)39-37(40(48)42-4)28-16-27(33(18-35(28)52-39)45(5)53(6,49)50)30-14-15-31-38(44-30)34-17-26-29(41)8-7-9-32(26)47(34)36(43-31)19-46-23(2)20-51-21-24(46)3/h7-18,23-24H,19-21H2,1-6H3,(H,42,48)/t23-,24+. The monoisotopic (exact) mass is 734 g/mol. The molecule has 0 saturated carbocycles. The van der Waals surface area contributed by atoms with E-state index in [0.717, 1.165) is 17.6 Å². The Kier molecular flexibility index (Phi) is 8.47. The molecular weight excluding hydrogens is 696 g/mol. The minimum absolute atomic E-state index is 0.152. The Morgan fingerprint density at radius 2 is 1.72 bits per heavy atom. The number of pyridine rings is 1. The molecule has 0 aliphatic carbocycles. The number of ether oxygens (including phenoxy) is 1. The number of nitrogens with zero attached hydrogens (tertiary/aromatic N) is 5. The number of benzene rings is 3. The third kappa shape index (κ3) is 5.88. The van der Waals surface area contributed by atoms with Crippen molar-refractivity contribution in [2.24, 2.45) is 0 Å². The minimum atomic E-state index is -3.75. The van der Waals surface area contributed by atoms with Gasteiger partial charge in [-0.3, -0.25) is 18.4 Å². The molecule has 0 bridgehead atoms. The van der Waals surface area contributed by atoms with Gasteiger partial charge in [0.2, 0.25) is 10.0 Å². The molecule has 1 amide bonds. The number of hydrogen-bond donors (Lipinski definition) is 1. The summed E-state index contributed by atoms with van der Waals surface area (Å²) in [7, 11) is -0.736.